The van der Waals surface area contributed by atoms with Crippen LogP contribution in [0.3, 0.4) is 0 Å². The SMILES string of the molecule is CNc1c(Cl)ncnc1NCc1cccc(OCC(F)F)c1. The number of aromatic nitrogens is 2. The fourth-order valence-corrected chi connectivity index (χ4v) is 2.04. The van der Waals surface area contributed by atoms with Crippen LogP contribution in [0.4, 0.5) is 20.3 Å². The Labute approximate surface area is 131 Å². The summed E-state index contributed by atoms with van der Waals surface area (Å²) < 4.78 is 29.3. The number of rotatable bonds is 7. The first kappa shape index (κ1) is 16.2. The molecule has 0 aliphatic rings. The topological polar surface area (TPSA) is 59.1 Å². The van der Waals surface area contributed by atoms with Gasteiger partial charge in [-0.3, -0.25) is 0 Å². The molecule has 0 atom stereocenters. The molecule has 118 valence electrons. The number of nitrogens with one attached hydrogen (secondary N) is 2. The first-order valence-electron chi connectivity index (χ1n) is 6.52. The molecule has 8 heteroatoms. The van der Waals surface area contributed by atoms with E-state index in [-0.39, 0.29) is 0 Å². The van der Waals surface area contributed by atoms with Gasteiger partial charge in [-0.15, -0.1) is 0 Å². The summed E-state index contributed by atoms with van der Waals surface area (Å²) in [7, 11) is 1.72. The molecule has 5 nitrogen and oxygen atoms in total. The molecule has 0 spiro atoms. The van der Waals surface area contributed by atoms with Gasteiger partial charge in [-0.1, -0.05) is 23.7 Å². The standard InChI is InChI=1S/C14H15ClF2N4O/c1-18-12-13(15)20-8-21-14(12)19-6-9-3-2-4-10(5-9)22-7-11(16)17/h2-5,8,11,18H,6-7H2,1H3,(H,19,20,21). The van der Waals surface area contributed by atoms with Crippen molar-refractivity contribution in [3.8, 4) is 5.75 Å². The Balaban J connectivity index is 2.03. The average molecular weight is 329 g/mol. The molecule has 0 aliphatic heterocycles. The van der Waals surface area contributed by atoms with Crippen molar-refractivity contribution in [2.75, 3.05) is 24.3 Å². The van der Waals surface area contributed by atoms with E-state index in [0.29, 0.717) is 29.0 Å². The van der Waals surface area contributed by atoms with Crippen LogP contribution in [0.15, 0.2) is 30.6 Å². The van der Waals surface area contributed by atoms with Crippen LogP contribution >= 0.6 is 11.6 Å². The van der Waals surface area contributed by atoms with Crippen LogP contribution in [0.1, 0.15) is 5.56 Å². The van der Waals surface area contributed by atoms with Gasteiger partial charge in [0.05, 0.1) is 0 Å². The van der Waals surface area contributed by atoms with Gasteiger partial charge in [0.2, 0.25) is 0 Å². The highest BCUT2D eigenvalue weighted by molar-refractivity contribution is 6.32. The summed E-state index contributed by atoms with van der Waals surface area (Å²) in [6, 6.07) is 6.91. The Morgan fingerprint density at radius 1 is 1.32 bits per heavy atom. The second kappa shape index (κ2) is 7.74. The molecular weight excluding hydrogens is 314 g/mol. The molecule has 0 unspecified atom stereocenters. The first-order valence-corrected chi connectivity index (χ1v) is 6.90. The van der Waals surface area contributed by atoms with E-state index in [2.05, 4.69) is 20.6 Å². The number of benzene rings is 1. The van der Waals surface area contributed by atoms with Crippen LogP contribution in [0, 0.1) is 0 Å². The van der Waals surface area contributed by atoms with Crippen molar-refractivity contribution in [1.82, 2.24) is 9.97 Å². The highest BCUT2D eigenvalue weighted by Gasteiger charge is 2.08. The number of anilines is 2. The monoisotopic (exact) mass is 328 g/mol. The van der Waals surface area contributed by atoms with E-state index in [1.165, 1.54) is 6.33 Å². The van der Waals surface area contributed by atoms with Crippen LogP contribution in [-0.2, 0) is 6.54 Å². The normalized spacial score (nSPS) is 10.6. The number of hydrogen-bond donors (Lipinski definition) is 2. The Bertz CT molecular complexity index is 628. The predicted molar refractivity (Wildman–Crippen MR) is 81.9 cm³/mol. The minimum Gasteiger partial charge on any atom is -0.488 e. The van der Waals surface area contributed by atoms with E-state index in [9.17, 15) is 8.78 Å². The smallest absolute Gasteiger partial charge is 0.272 e. The predicted octanol–water partition coefficient (Wildman–Crippen LogP) is 3.43. The summed E-state index contributed by atoms with van der Waals surface area (Å²) in [5.41, 5.74) is 1.46. The van der Waals surface area contributed by atoms with Gasteiger partial charge < -0.3 is 15.4 Å². The molecule has 2 aromatic rings. The van der Waals surface area contributed by atoms with Gasteiger partial charge in [-0.2, -0.15) is 0 Å². The molecule has 0 amide bonds. The third-order valence-electron chi connectivity index (χ3n) is 2.79. The lowest BCUT2D eigenvalue weighted by molar-refractivity contribution is 0.0818. The van der Waals surface area contributed by atoms with Gasteiger partial charge in [-0.25, -0.2) is 18.7 Å². The number of nitrogens with zero attached hydrogens (tertiary/aromatic N) is 2. The lowest BCUT2D eigenvalue weighted by Gasteiger charge is -2.12. The Kier molecular flexibility index (Phi) is 5.71. The van der Waals surface area contributed by atoms with Crippen LogP contribution < -0.4 is 15.4 Å². The van der Waals surface area contributed by atoms with E-state index in [1.807, 2.05) is 6.07 Å². The Morgan fingerprint density at radius 2 is 2.14 bits per heavy atom. The molecule has 2 rings (SSSR count). The Morgan fingerprint density at radius 3 is 2.86 bits per heavy atom. The quantitative estimate of drug-likeness (QED) is 0.763. The maximum Gasteiger partial charge on any atom is 0.272 e. The van der Waals surface area contributed by atoms with Crippen molar-refractivity contribution in [2.24, 2.45) is 0 Å². The molecule has 0 radical (unpaired) electrons. The third kappa shape index (κ3) is 4.42. The highest BCUT2D eigenvalue weighted by Crippen LogP contribution is 2.26. The van der Waals surface area contributed by atoms with Crippen molar-refractivity contribution in [3.05, 3.63) is 41.3 Å². The maximum absolute atomic E-state index is 12.1. The summed E-state index contributed by atoms with van der Waals surface area (Å²) in [5.74, 6) is 0.954. The maximum atomic E-state index is 12.1. The average Bonchev–Trinajstić information content (AvgIpc) is 2.51. The Hall–Kier alpha value is -2.15. The number of alkyl halides is 2. The van der Waals surface area contributed by atoms with Crippen LogP contribution in [0.5, 0.6) is 5.75 Å². The summed E-state index contributed by atoms with van der Waals surface area (Å²) in [6.07, 6.45) is -1.14. The second-order valence-electron chi connectivity index (χ2n) is 4.34. The summed E-state index contributed by atoms with van der Waals surface area (Å²) in [6.45, 7) is -0.184. The van der Waals surface area contributed by atoms with E-state index >= 15 is 0 Å². The highest BCUT2D eigenvalue weighted by atomic mass is 35.5. The second-order valence-corrected chi connectivity index (χ2v) is 4.70. The molecule has 0 saturated carbocycles. The van der Waals surface area contributed by atoms with Crippen LogP contribution in [0.25, 0.3) is 0 Å². The lowest BCUT2D eigenvalue weighted by Crippen LogP contribution is -2.08. The lowest BCUT2D eigenvalue weighted by atomic mass is 10.2. The van der Waals surface area contributed by atoms with Gasteiger partial charge >= 0.3 is 0 Å². The van der Waals surface area contributed by atoms with Crippen molar-refractivity contribution in [1.29, 1.82) is 0 Å². The van der Waals surface area contributed by atoms with Crippen LogP contribution in [-0.4, -0.2) is 30.0 Å². The number of hydrogen-bond acceptors (Lipinski definition) is 5. The third-order valence-corrected chi connectivity index (χ3v) is 3.07. The number of halogens is 3. The fourth-order valence-electron chi connectivity index (χ4n) is 1.81. The van der Waals surface area contributed by atoms with E-state index in [0.717, 1.165) is 5.56 Å². The largest absolute Gasteiger partial charge is 0.488 e. The van der Waals surface area contributed by atoms with Crippen molar-refractivity contribution in [3.63, 3.8) is 0 Å². The number of ether oxygens (including phenoxy) is 1. The van der Waals surface area contributed by atoms with Gasteiger partial charge in [0.1, 0.15) is 24.4 Å². The van der Waals surface area contributed by atoms with E-state index in [1.54, 1.807) is 25.2 Å². The summed E-state index contributed by atoms with van der Waals surface area (Å²) in [5, 5.41) is 6.34. The van der Waals surface area contributed by atoms with Gasteiger partial charge in [-0.05, 0) is 17.7 Å². The first-order chi connectivity index (χ1) is 10.6. The summed E-state index contributed by atoms with van der Waals surface area (Å²) in [4.78, 5) is 7.99. The molecular formula is C14H15ClF2N4O. The molecule has 0 fully saturated rings. The van der Waals surface area contributed by atoms with Gasteiger partial charge in [0, 0.05) is 13.6 Å². The molecule has 22 heavy (non-hydrogen) atoms. The summed E-state index contributed by atoms with van der Waals surface area (Å²) >= 11 is 5.96. The molecule has 1 aromatic carbocycles. The van der Waals surface area contributed by atoms with Crippen LogP contribution in [0.2, 0.25) is 5.15 Å². The van der Waals surface area contributed by atoms with Gasteiger partial charge in [0.25, 0.3) is 6.43 Å². The van der Waals surface area contributed by atoms with E-state index < -0.39 is 13.0 Å². The van der Waals surface area contributed by atoms with Crippen molar-refractivity contribution in [2.45, 2.75) is 13.0 Å². The zero-order chi connectivity index (χ0) is 15.9. The van der Waals surface area contributed by atoms with E-state index in [4.69, 9.17) is 16.3 Å². The molecule has 1 heterocycles. The fraction of sp³-hybridized carbons (Fsp3) is 0.286. The molecule has 0 bridgehead atoms. The van der Waals surface area contributed by atoms with Gasteiger partial charge in [0.15, 0.2) is 11.0 Å². The zero-order valence-corrected chi connectivity index (χ0v) is 12.6. The molecule has 0 saturated heterocycles. The zero-order valence-electron chi connectivity index (χ0n) is 11.8. The minimum absolute atomic E-state index is 0.314. The molecule has 1 aromatic heterocycles. The van der Waals surface area contributed by atoms with Crippen molar-refractivity contribution < 1.29 is 13.5 Å². The molecule has 0 aliphatic carbocycles. The minimum atomic E-state index is -2.50. The van der Waals surface area contributed by atoms with Crippen molar-refractivity contribution >= 4 is 23.1 Å². The molecule has 2 N–H and O–H groups in total.